The summed E-state index contributed by atoms with van der Waals surface area (Å²) < 4.78 is 5.14. The lowest BCUT2D eigenvalue weighted by Crippen LogP contribution is -2.21. The van der Waals surface area contributed by atoms with Crippen LogP contribution in [-0.4, -0.2) is 12.1 Å². The molecule has 13 heavy (non-hydrogen) atoms. The largest absolute Gasteiger partial charge is 0.458 e. The highest BCUT2D eigenvalue weighted by Crippen LogP contribution is 2.15. The zero-order valence-electron chi connectivity index (χ0n) is 8.29. The zero-order chi connectivity index (χ0) is 9.52. The van der Waals surface area contributed by atoms with Crippen LogP contribution in [0.2, 0.25) is 0 Å². The molecule has 0 bridgehead atoms. The normalized spacial score (nSPS) is 23.5. The van der Waals surface area contributed by atoms with Gasteiger partial charge in [-0.15, -0.1) is 0 Å². The average Bonchev–Trinajstić information content (AvgIpc) is 2.13. The van der Waals surface area contributed by atoms with E-state index in [0.717, 1.165) is 19.3 Å². The summed E-state index contributed by atoms with van der Waals surface area (Å²) in [7, 11) is 0. The van der Waals surface area contributed by atoms with Gasteiger partial charge in [0.15, 0.2) is 0 Å². The fourth-order valence-corrected chi connectivity index (χ4v) is 1.44. The number of hydrogen-bond donors (Lipinski definition) is 0. The Labute approximate surface area is 80.0 Å². The van der Waals surface area contributed by atoms with Gasteiger partial charge in [0.25, 0.3) is 0 Å². The Balaban J connectivity index is 2.19. The third kappa shape index (κ3) is 4.11. The molecular formula is C11H18O2. The van der Waals surface area contributed by atoms with Gasteiger partial charge in [0, 0.05) is 6.42 Å². The number of cyclic esters (lactones) is 1. The van der Waals surface area contributed by atoms with Crippen molar-refractivity contribution in [2.45, 2.75) is 51.6 Å². The fraction of sp³-hybridized carbons (Fsp3) is 0.727. The van der Waals surface area contributed by atoms with Gasteiger partial charge in [-0.25, -0.2) is 0 Å². The second kappa shape index (κ2) is 5.79. The van der Waals surface area contributed by atoms with Gasteiger partial charge >= 0.3 is 5.97 Å². The molecule has 1 atom stereocenters. The Bertz CT molecular complexity index is 185. The van der Waals surface area contributed by atoms with Crippen molar-refractivity contribution in [3.63, 3.8) is 0 Å². The smallest absolute Gasteiger partial charge is 0.306 e. The van der Waals surface area contributed by atoms with Crippen molar-refractivity contribution >= 4 is 5.97 Å². The standard InChI is InChI=1S/C11H18O2/c1-2-3-4-5-7-10-8-6-9-11(12)13-10/h5,7,10H,2-4,6,8-9H2,1H3/b7-5+. The molecule has 2 heteroatoms. The fourth-order valence-electron chi connectivity index (χ4n) is 1.44. The Morgan fingerprint density at radius 3 is 3.15 bits per heavy atom. The molecule has 1 fully saturated rings. The van der Waals surface area contributed by atoms with E-state index in [9.17, 15) is 4.79 Å². The van der Waals surface area contributed by atoms with E-state index in [4.69, 9.17) is 4.74 Å². The van der Waals surface area contributed by atoms with Crippen LogP contribution in [0.15, 0.2) is 12.2 Å². The SMILES string of the molecule is CCCC/C=C/C1CCCC(=O)O1. The lowest BCUT2D eigenvalue weighted by molar-refractivity contribution is -0.150. The minimum Gasteiger partial charge on any atom is -0.458 e. The molecule has 74 valence electrons. The number of esters is 1. The molecule has 1 rings (SSSR count). The molecule has 0 aromatic carbocycles. The summed E-state index contributed by atoms with van der Waals surface area (Å²) in [5.41, 5.74) is 0. The Morgan fingerprint density at radius 2 is 2.46 bits per heavy atom. The Morgan fingerprint density at radius 1 is 1.62 bits per heavy atom. The van der Waals surface area contributed by atoms with Gasteiger partial charge in [-0.05, 0) is 25.3 Å². The second-order valence-electron chi connectivity index (χ2n) is 3.49. The average molecular weight is 182 g/mol. The van der Waals surface area contributed by atoms with E-state index in [1.54, 1.807) is 0 Å². The molecule has 0 spiro atoms. The predicted octanol–water partition coefficient (Wildman–Crippen LogP) is 2.83. The minimum atomic E-state index is -0.0450. The number of carbonyl (C=O) groups excluding carboxylic acids is 1. The summed E-state index contributed by atoms with van der Waals surface area (Å²) in [5.74, 6) is -0.0450. The molecule has 1 saturated heterocycles. The van der Waals surface area contributed by atoms with Gasteiger partial charge < -0.3 is 4.74 Å². The van der Waals surface area contributed by atoms with Crippen LogP contribution in [0.1, 0.15) is 45.4 Å². The molecular weight excluding hydrogens is 164 g/mol. The number of ether oxygens (including phenoxy) is 1. The maximum absolute atomic E-state index is 10.9. The highest BCUT2D eigenvalue weighted by atomic mass is 16.5. The number of rotatable bonds is 4. The third-order valence-electron chi connectivity index (χ3n) is 2.23. The summed E-state index contributed by atoms with van der Waals surface area (Å²) in [5, 5.41) is 0. The molecule has 2 nitrogen and oxygen atoms in total. The maximum atomic E-state index is 10.9. The second-order valence-corrected chi connectivity index (χ2v) is 3.49. The molecule has 0 radical (unpaired) electrons. The molecule has 0 saturated carbocycles. The predicted molar refractivity (Wildman–Crippen MR) is 52.4 cm³/mol. The highest BCUT2D eigenvalue weighted by Gasteiger charge is 2.16. The number of allylic oxidation sites excluding steroid dienone is 1. The molecule has 0 amide bonds. The van der Waals surface area contributed by atoms with Crippen molar-refractivity contribution in [2.75, 3.05) is 0 Å². The topological polar surface area (TPSA) is 26.3 Å². The first-order chi connectivity index (χ1) is 6.33. The van der Waals surface area contributed by atoms with Crippen LogP contribution in [-0.2, 0) is 9.53 Å². The van der Waals surface area contributed by atoms with Crippen LogP contribution in [0.5, 0.6) is 0 Å². The van der Waals surface area contributed by atoms with E-state index in [1.807, 2.05) is 6.08 Å². The summed E-state index contributed by atoms with van der Waals surface area (Å²) in [6.07, 6.45) is 10.3. The van der Waals surface area contributed by atoms with E-state index in [0.29, 0.717) is 6.42 Å². The van der Waals surface area contributed by atoms with Crippen molar-refractivity contribution in [3.8, 4) is 0 Å². The molecule has 0 N–H and O–H groups in total. The van der Waals surface area contributed by atoms with Gasteiger partial charge in [-0.1, -0.05) is 25.8 Å². The van der Waals surface area contributed by atoms with E-state index in [1.165, 1.54) is 12.8 Å². The number of carbonyl (C=O) groups is 1. The van der Waals surface area contributed by atoms with E-state index in [2.05, 4.69) is 13.0 Å². The first kappa shape index (κ1) is 10.3. The molecule has 1 aliphatic heterocycles. The van der Waals surface area contributed by atoms with Crippen molar-refractivity contribution in [3.05, 3.63) is 12.2 Å². The van der Waals surface area contributed by atoms with Crippen LogP contribution in [0.4, 0.5) is 0 Å². The van der Waals surface area contributed by atoms with Crippen LogP contribution >= 0.6 is 0 Å². The van der Waals surface area contributed by atoms with E-state index < -0.39 is 0 Å². The lowest BCUT2D eigenvalue weighted by Gasteiger charge is -2.18. The van der Waals surface area contributed by atoms with Crippen molar-refractivity contribution in [1.82, 2.24) is 0 Å². The van der Waals surface area contributed by atoms with Crippen LogP contribution in [0.3, 0.4) is 0 Å². The molecule has 0 aromatic rings. The van der Waals surface area contributed by atoms with E-state index >= 15 is 0 Å². The molecule has 1 aliphatic rings. The number of unbranched alkanes of at least 4 members (excludes halogenated alkanes) is 2. The molecule has 1 heterocycles. The minimum absolute atomic E-state index is 0.0450. The molecule has 1 unspecified atom stereocenters. The van der Waals surface area contributed by atoms with Gasteiger partial charge in [-0.3, -0.25) is 4.79 Å². The van der Waals surface area contributed by atoms with Gasteiger partial charge in [-0.2, -0.15) is 0 Å². The summed E-state index contributed by atoms with van der Waals surface area (Å²) >= 11 is 0. The van der Waals surface area contributed by atoms with Crippen LogP contribution in [0, 0.1) is 0 Å². The summed E-state index contributed by atoms with van der Waals surface area (Å²) in [4.78, 5) is 10.9. The summed E-state index contributed by atoms with van der Waals surface area (Å²) in [6.45, 7) is 2.18. The molecule has 0 aliphatic carbocycles. The van der Waals surface area contributed by atoms with Crippen LogP contribution in [0.25, 0.3) is 0 Å². The quantitative estimate of drug-likeness (QED) is 0.379. The summed E-state index contributed by atoms with van der Waals surface area (Å²) in [6, 6.07) is 0. The van der Waals surface area contributed by atoms with Gasteiger partial charge in [0.05, 0.1) is 0 Å². The Hall–Kier alpha value is -0.790. The maximum Gasteiger partial charge on any atom is 0.306 e. The first-order valence-electron chi connectivity index (χ1n) is 5.19. The van der Waals surface area contributed by atoms with E-state index in [-0.39, 0.29) is 12.1 Å². The van der Waals surface area contributed by atoms with Gasteiger partial charge in [0.2, 0.25) is 0 Å². The van der Waals surface area contributed by atoms with Crippen molar-refractivity contribution in [1.29, 1.82) is 0 Å². The van der Waals surface area contributed by atoms with Crippen molar-refractivity contribution in [2.24, 2.45) is 0 Å². The van der Waals surface area contributed by atoms with Crippen molar-refractivity contribution < 1.29 is 9.53 Å². The monoisotopic (exact) mass is 182 g/mol. The third-order valence-corrected chi connectivity index (χ3v) is 2.23. The van der Waals surface area contributed by atoms with Crippen LogP contribution < -0.4 is 0 Å². The number of hydrogen-bond acceptors (Lipinski definition) is 2. The molecule has 0 aromatic heterocycles. The lowest BCUT2D eigenvalue weighted by atomic mass is 10.1. The van der Waals surface area contributed by atoms with Gasteiger partial charge in [0.1, 0.15) is 6.10 Å². The Kier molecular flexibility index (Phi) is 4.58. The highest BCUT2D eigenvalue weighted by molar-refractivity contribution is 5.70. The first-order valence-corrected chi connectivity index (χ1v) is 5.19. The zero-order valence-corrected chi connectivity index (χ0v) is 8.29.